The third-order valence-electron chi connectivity index (χ3n) is 2.75. The molecule has 84 valence electrons. The minimum Gasteiger partial charge on any atom is -0.468 e. The van der Waals surface area contributed by atoms with E-state index in [2.05, 4.69) is 15.9 Å². The SMILES string of the molecule is COC(=O)C1(C(=O)OC)CCC/C1=C\Br. The molecule has 1 saturated carbocycles. The fourth-order valence-electron chi connectivity index (χ4n) is 1.96. The number of halogens is 1. The summed E-state index contributed by atoms with van der Waals surface area (Å²) >= 11 is 3.17. The van der Waals surface area contributed by atoms with Crippen LogP contribution >= 0.6 is 15.9 Å². The molecule has 1 aliphatic carbocycles. The quantitative estimate of drug-likeness (QED) is 0.570. The molecule has 1 fully saturated rings. The molecule has 0 saturated heterocycles. The number of carbonyl (C=O) groups is 2. The first-order chi connectivity index (χ1) is 7.13. The summed E-state index contributed by atoms with van der Waals surface area (Å²) in [5.74, 6) is -1.09. The molecule has 0 amide bonds. The van der Waals surface area contributed by atoms with Crippen LogP contribution in [0.25, 0.3) is 0 Å². The summed E-state index contributed by atoms with van der Waals surface area (Å²) in [7, 11) is 2.55. The lowest BCUT2D eigenvalue weighted by molar-refractivity contribution is -0.165. The Morgan fingerprint density at radius 3 is 2.27 bits per heavy atom. The van der Waals surface area contributed by atoms with E-state index in [4.69, 9.17) is 9.47 Å². The maximum atomic E-state index is 11.7. The molecule has 5 heteroatoms. The van der Waals surface area contributed by atoms with Crippen LogP contribution in [0, 0.1) is 5.41 Å². The number of ether oxygens (including phenoxy) is 2. The summed E-state index contributed by atoms with van der Waals surface area (Å²) in [5.41, 5.74) is -0.506. The first kappa shape index (κ1) is 12.2. The van der Waals surface area contributed by atoms with Gasteiger partial charge in [-0.15, -0.1) is 0 Å². The first-order valence-corrected chi connectivity index (χ1v) is 5.51. The molecule has 0 heterocycles. The average molecular weight is 277 g/mol. The predicted octanol–water partition coefficient (Wildman–Crippen LogP) is 1.78. The van der Waals surface area contributed by atoms with Crippen molar-refractivity contribution < 1.29 is 19.1 Å². The molecule has 4 nitrogen and oxygen atoms in total. The molecule has 1 aliphatic rings. The zero-order valence-corrected chi connectivity index (χ0v) is 10.3. The van der Waals surface area contributed by atoms with Gasteiger partial charge in [-0.25, -0.2) is 0 Å². The largest absolute Gasteiger partial charge is 0.468 e. The van der Waals surface area contributed by atoms with Crippen LogP contribution in [0.5, 0.6) is 0 Å². The number of hydrogen-bond donors (Lipinski definition) is 0. The second kappa shape index (κ2) is 4.79. The minimum atomic E-state index is -1.23. The Bertz CT molecular complexity index is 293. The van der Waals surface area contributed by atoms with Crippen LogP contribution in [0.4, 0.5) is 0 Å². The number of carbonyl (C=O) groups excluding carboxylic acids is 2. The number of methoxy groups -OCH3 is 2. The highest BCUT2D eigenvalue weighted by molar-refractivity contribution is 9.11. The van der Waals surface area contributed by atoms with Crippen LogP contribution < -0.4 is 0 Å². The van der Waals surface area contributed by atoms with Gasteiger partial charge in [0.2, 0.25) is 0 Å². The van der Waals surface area contributed by atoms with Gasteiger partial charge in [0.1, 0.15) is 0 Å². The predicted molar refractivity (Wildman–Crippen MR) is 57.3 cm³/mol. The Labute approximate surface area is 96.7 Å². The Morgan fingerprint density at radius 1 is 1.33 bits per heavy atom. The number of rotatable bonds is 2. The summed E-state index contributed by atoms with van der Waals surface area (Å²) in [6, 6.07) is 0. The van der Waals surface area contributed by atoms with E-state index < -0.39 is 17.4 Å². The highest BCUT2D eigenvalue weighted by atomic mass is 79.9. The van der Waals surface area contributed by atoms with Crippen LogP contribution in [0.3, 0.4) is 0 Å². The second-order valence-corrected chi connectivity index (χ2v) is 3.83. The molecular weight excluding hydrogens is 264 g/mol. The molecular formula is C10H13BrO4. The van der Waals surface area contributed by atoms with Crippen molar-refractivity contribution >= 4 is 27.9 Å². The standard InChI is InChI=1S/C10H13BrO4/c1-14-8(12)10(9(13)15-2)5-3-4-7(10)6-11/h6H,3-5H2,1-2H3/b7-6+. The van der Waals surface area contributed by atoms with Gasteiger partial charge >= 0.3 is 11.9 Å². The molecule has 0 radical (unpaired) electrons. The van der Waals surface area contributed by atoms with Gasteiger partial charge in [0.15, 0.2) is 5.41 Å². The lowest BCUT2D eigenvalue weighted by atomic mass is 9.83. The van der Waals surface area contributed by atoms with E-state index in [0.717, 1.165) is 12.0 Å². The van der Waals surface area contributed by atoms with E-state index in [1.54, 1.807) is 4.99 Å². The van der Waals surface area contributed by atoms with Crippen LogP contribution in [-0.2, 0) is 19.1 Å². The Morgan fingerprint density at radius 2 is 1.87 bits per heavy atom. The summed E-state index contributed by atoms with van der Waals surface area (Å²) in [6.07, 6.45) is 1.93. The van der Waals surface area contributed by atoms with Crippen LogP contribution in [0.15, 0.2) is 10.6 Å². The summed E-state index contributed by atoms with van der Waals surface area (Å²) < 4.78 is 9.38. The van der Waals surface area contributed by atoms with Gasteiger partial charge in [-0.3, -0.25) is 9.59 Å². The Balaban J connectivity index is 3.17. The van der Waals surface area contributed by atoms with Gasteiger partial charge in [0, 0.05) is 0 Å². The molecule has 0 aromatic rings. The Hall–Kier alpha value is -0.840. The van der Waals surface area contributed by atoms with Gasteiger partial charge in [-0.1, -0.05) is 15.9 Å². The normalized spacial score (nSPS) is 21.4. The van der Waals surface area contributed by atoms with Crippen LogP contribution in [0.1, 0.15) is 19.3 Å². The summed E-state index contributed by atoms with van der Waals surface area (Å²) in [4.78, 5) is 25.1. The molecule has 0 spiro atoms. The third-order valence-corrected chi connectivity index (χ3v) is 3.30. The van der Waals surface area contributed by atoms with E-state index >= 15 is 0 Å². The molecule has 15 heavy (non-hydrogen) atoms. The molecule has 1 rings (SSSR count). The second-order valence-electron chi connectivity index (χ2n) is 3.38. The topological polar surface area (TPSA) is 52.6 Å². The van der Waals surface area contributed by atoms with Crippen molar-refractivity contribution in [1.29, 1.82) is 0 Å². The number of hydrogen-bond acceptors (Lipinski definition) is 4. The van der Waals surface area contributed by atoms with Gasteiger partial charge in [0.05, 0.1) is 14.2 Å². The van der Waals surface area contributed by atoms with Gasteiger partial charge in [-0.2, -0.15) is 0 Å². The van der Waals surface area contributed by atoms with E-state index in [9.17, 15) is 9.59 Å². The zero-order valence-electron chi connectivity index (χ0n) is 8.71. The van der Waals surface area contributed by atoms with Crippen molar-refractivity contribution in [2.75, 3.05) is 14.2 Å². The average Bonchev–Trinajstić information content (AvgIpc) is 2.71. The summed E-state index contributed by atoms with van der Waals surface area (Å²) in [5, 5.41) is 0. The van der Waals surface area contributed by atoms with Crippen molar-refractivity contribution in [1.82, 2.24) is 0 Å². The highest BCUT2D eigenvalue weighted by Crippen LogP contribution is 2.45. The molecule has 0 N–H and O–H groups in total. The molecule has 0 aromatic heterocycles. The monoisotopic (exact) mass is 276 g/mol. The maximum absolute atomic E-state index is 11.7. The molecule has 0 aliphatic heterocycles. The lowest BCUT2D eigenvalue weighted by Gasteiger charge is -2.24. The summed E-state index contributed by atoms with van der Waals surface area (Å²) in [6.45, 7) is 0. The fourth-order valence-corrected chi connectivity index (χ4v) is 2.58. The molecule has 0 atom stereocenters. The van der Waals surface area contributed by atoms with Crippen LogP contribution in [0.2, 0.25) is 0 Å². The van der Waals surface area contributed by atoms with Crippen molar-refractivity contribution in [2.45, 2.75) is 19.3 Å². The van der Waals surface area contributed by atoms with Crippen molar-refractivity contribution in [3.8, 4) is 0 Å². The van der Waals surface area contributed by atoms with E-state index in [1.807, 2.05) is 0 Å². The lowest BCUT2D eigenvalue weighted by Crippen LogP contribution is -2.40. The highest BCUT2D eigenvalue weighted by Gasteiger charge is 2.53. The zero-order chi connectivity index (χ0) is 11.5. The molecule has 0 unspecified atom stereocenters. The smallest absolute Gasteiger partial charge is 0.327 e. The number of esters is 2. The molecule has 0 aromatic carbocycles. The minimum absolute atomic E-state index is 0.448. The third kappa shape index (κ3) is 1.80. The first-order valence-electron chi connectivity index (χ1n) is 4.60. The van der Waals surface area contributed by atoms with Crippen molar-refractivity contribution in [3.05, 3.63) is 10.6 Å². The van der Waals surface area contributed by atoms with Gasteiger partial charge < -0.3 is 9.47 Å². The van der Waals surface area contributed by atoms with E-state index in [-0.39, 0.29) is 0 Å². The maximum Gasteiger partial charge on any atom is 0.327 e. The van der Waals surface area contributed by atoms with Gasteiger partial charge in [0.25, 0.3) is 0 Å². The van der Waals surface area contributed by atoms with Crippen LogP contribution in [-0.4, -0.2) is 26.2 Å². The molecule has 0 bridgehead atoms. The van der Waals surface area contributed by atoms with E-state index in [0.29, 0.717) is 12.8 Å². The van der Waals surface area contributed by atoms with Crippen molar-refractivity contribution in [2.24, 2.45) is 5.41 Å². The fraction of sp³-hybridized carbons (Fsp3) is 0.600. The Kier molecular flexibility index (Phi) is 3.90. The van der Waals surface area contributed by atoms with Crippen molar-refractivity contribution in [3.63, 3.8) is 0 Å². The van der Waals surface area contributed by atoms with E-state index in [1.165, 1.54) is 14.2 Å². The van der Waals surface area contributed by atoms with Gasteiger partial charge in [-0.05, 0) is 29.8 Å².